The van der Waals surface area contributed by atoms with Crippen LogP contribution in [0.25, 0.3) is 0 Å². The lowest BCUT2D eigenvalue weighted by atomic mass is 10.2. The van der Waals surface area contributed by atoms with Crippen LogP contribution in [-0.4, -0.2) is 33.4 Å². The third-order valence-corrected chi connectivity index (χ3v) is 3.61. The number of hydrogen-bond donors (Lipinski definition) is 1. The zero-order valence-electron chi connectivity index (χ0n) is 11.0. The van der Waals surface area contributed by atoms with Gasteiger partial charge in [-0.25, -0.2) is 4.79 Å². The van der Waals surface area contributed by atoms with E-state index in [2.05, 4.69) is 0 Å². The van der Waals surface area contributed by atoms with Crippen LogP contribution in [-0.2, 0) is 14.1 Å². The summed E-state index contributed by atoms with van der Waals surface area (Å²) in [5.41, 5.74) is -1.11. The molecule has 1 aromatic heterocycles. The van der Waals surface area contributed by atoms with Crippen molar-refractivity contribution in [1.29, 1.82) is 5.26 Å². The molecule has 7 nitrogen and oxygen atoms in total. The topological polar surface area (TPSA) is 91.3 Å². The first-order valence-corrected chi connectivity index (χ1v) is 6.10. The molecule has 0 saturated carbocycles. The molecule has 1 saturated heterocycles. The molecule has 2 rings (SSSR count). The van der Waals surface area contributed by atoms with Crippen LogP contribution in [0.3, 0.4) is 0 Å². The van der Waals surface area contributed by atoms with E-state index in [4.69, 9.17) is 0 Å². The van der Waals surface area contributed by atoms with Crippen LogP contribution in [0, 0.1) is 11.3 Å². The highest BCUT2D eigenvalue weighted by Crippen LogP contribution is 2.25. The first-order valence-electron chi connectivity index (χ1n) is 6.10. The van der Waals surface area contributed by atoms with E-state index in [0.717, 1.165) is 17.4 Å². The highest BCUT2D eigenvalue weighted by molar-refractivity contribution is 5.54. The van der Waals surface area contributed by atoms with Crippen LogP contribution in [0.2, 0.25) is 0 Å². The molecular formula is C12H16N4O3. The zero-order valence-corrected chi connectivity index (χ0v) is 11.0. The SMILES string of the molecule is Cn1c(N2CCC[C@@H]2CO)c(C#N)c(=O)n(C)c1=O. The van der Waals surface area contributed by atoms with E-state index in [1.807, 2.05) is 6.07 Å². The molecule has 1 aliphatic rings. The smallest absolute Gasteiger partial charge is 0.332 e. The van der Waals surface area contributed by atoms with Gasteiger partial charge in [0.1, 0.15) is 11.9 Å². The molecule has 7 heteroatoms. The maximum atomic E-state index is 12.0. The predicted octanol–water partition coefficient (Wildman–Crippen LogP) is -1.08. The summed E-state index contributed by atoms with van der Waals surface area (Å²) in [5.74, 6) is 0.312. The molecule has 1 N–H and O–H groups in total. The Bertz CT molecular complexity index is 653. The Hall–Kier alpha value is -2.07. The maximum Gasteiger partial charge on any atom is 0.332 e. The molecule has 0 bridgehead atoms. The van der Waals surface area contributed by atoms with Crippen LogP contribution in [0.15, 0.2) is 9.59 Å². The monoisotopic (exact) mass is 264 g/mol. The molecule has 19 heavy (non-hydrogen) atoms. The number of aromatic nitrogens is 2. The third-order valence-electron chi connectivity index (χ3n) is 3.61. The number of aliphatic hydroxyl groups is 1. The van der Waals surface area contributed by atoms with Crippen molar-refractivity contribution >= 4 is 5.82 Å². The van der Waals surface area contributed by atoms with E-state index in [1.165, 1.54) is 18.7 Å². The quantitative estimate of drug-likeness (QED) is 0.733. The summed E-state index contributed by atoms with van der Waals surface area (Å²) in [6, 6.07) is 1.73. The molecule has 1 aliphatic heterocycles. The van der Waals surface area contributed by atoms with E-state index in [9.17, 15) is 20.0 Å². The summed E-state index contributed by atoms with van der Waals surface area (Å²) in [7, 11) is 2.88. The number of aliphatic hydroxyl groups excluding tert-OH is 1. The molecule has 2 heterocycles. The molecule has 102 valence electrons. The van der Waals surface area contributed by atoms with Crippen LogP contribution in [0.1, 0.15) is 18.4 Å². The van der Waals surface area contributed by atoms with Crippen molar-refractivity contribution in [3.05, 3.63) is 26.4 Å². The van der Waals surface area contributed by atoms with Crippen molar-refractivity contribution in [2.75, 3.05) is 18.1 Å². The minimum absolute atomic E-state index is 0.0510. The van der Waals surface area contributed by atoms with E-state index in [1.54, 1.807) is 4.90 Å². The zero-order chi connectivity index (χ0) is 14.2. The highest BCUT2D eigenvalue weighted by atomic mass is 16.3. The van der Waals surface area contributed by atoms with Crippen molar-refractivity contribution in [3.8, 4) is 6.07 Å². The lowest BCUT2D eigenvalue weighted by molar-refractivity contribution is 0.265. The molecule has 0 radical (unpaired) electrons. The van der Waals surface area contributed by atoms with E-state index < -0.39 is 11.2 Å². The van der Waals surface area contributed by atoms with Gasteiger partial charge in [0.15, 0.2) is 5.56 Å². The summed E-state index contributed by atoms with van der Waals surface area (Å²) in [6.07, 6.45) is 1.64. The van der Waals surface area contributed by atoms with Crippen molar-refractivity contribution in [1.82, 2.24) is 9.13 Å². The second-order valence-corrected chi connectivity index (χ2v) is 4.69. The van der Waals surface area contributed by atoms with Crippen LogP contribution in [0.4, 0.5) is 5.82 Å². The number of nitrogens with zero attached hydrogens (tertiary/aromatic N) is 4. The van der Waals surface area contributed by atoms with Crippen molar-refractivity contribution in [3.63, 3.8) is 0 Å². The lowest BCUT2D eigenvalue weighted by Crippen LogP contribution is -2.44. The molecule has 0 unspecified atom stereocenters. The average Bonchev–Trinajstić information content (AvgIpc) is 2.88. The number of hydrogen-bond acceptors (Lipinski definition) is 5. The van der Waals surface area contributed by atoms with Gasteiger partial charge >= 0.3 is 5.69 Å². The Morgan fingerprint density at radius 3 is 2.63 bits per heavy atom. The first kappa shape index (κ1) is 13.4. The Morgan fingerprint density at radius 1 is 1.37 bits per heavy atom. The van der Waals surface area contributed by atoms with E-state index in [0.29, 0.717) is 12.4 Å². The summed E-state index contributed by atoms with van der Waals surface area (Å²) >= 11 is 0. The fourth-order valence-corrected chi connectivity index (χ4v) is 2.57. The molecular weight excluding hydrogens is 248 g/mol. The van der Waals surface area contributed by atoms with Gasteiger partial charge in [-0.3, -0.25) is 13.9 Å². The standard InChI is InChI=1S/C12H16N4O3/c1-14-10(16-5-3-4-8(16)7-17)9(6-13)11(18)15(2)12(14)19/h8,17H,3-5,7H2,1-2H3/t8-/m1/s1. The highest BCUT2D eigenvalue weighted by Gasteiger charge is 2.29. The van der Waals surface area contributed by atoms with Crippen molar-refractivity contribution in [2.45, 2.75) is 18.9 Å². The summed E-state index contributed by atoms with van der Waals surface area (Å²) in [6.45, 7) is 0.564. The normalized spacial score (nSPS) is 18.6. The lowest BCUT2D eigenvalue weighted by Gasteiger charge is -2.27. The largest absolute Gasteiger partial charge is 0.394 e. The number of nitriles is 1. The van der Waals surface area contributed by atoms with Gasteiger partial charge in [-0.05, 0) is 12.8 Å². The first-order chi connectivity index (χ1) is 9.02. The van der Waals surface area contributed by atoms with E-state index >= 15 is 0 Å². The van der Waals surface area contributed by atoms with Crippen LogP contribution >= 0.6 is 0 Å². The molecule has 0 spiro atoms. The molecule has 0 aromatic carbocycles. The van der Waals surface area contributed by atoms with Gasteiger partial charge in [0, 0.05) is 20.6 Å². The van der Waals surface area contributed by atoms with Gasteiger partial charge in [0.25, 0.3) is 5.56 Å². The van der Waals surface area contributed by atoms with Gasteiger partial charge in [-0.1, -0.05) is 0 Å². The summed E-state index contributed by atoms with van der Waals surface area (Å²) in [5, 5.41) is 18.5. The van der Waals surface area contributed by atoms with Crippen molar-refractivity contribution < 1.29 is 5.11 Å². The molecule has 0 amide bonds. The average molecular weight is 264 g/mol. The second kappa shape index (κ2) is 4.90. The van der Waals surface area contributed by atoms with Crippen LogP contribution in [0.5, 0.6) is 0 Å². The Morgan fingerprint density at radius 2 is 2.05 bits per heavy atom. The van der Waals surface area contributed by atoms with Gasteiger partial charge in [0.05, 0.1) is 12.6 Å². The summed E-state index contributed by atoms with van der Waals surface area (Å²) in [4.78, 5) is 25.7. The number of rotatable bonds is 2. The minimum Gasteiger partial charge on any atom is -0.394 e. The van der Waals surface area contributed by atoms with Crippen LogP contribution < -0.4 is 16.1 Å². The van der Waals surface area contributed by atoms with Gasteiger partial charge in [-0.15, -0.1) is 0 Å². The fraction of sp³-hybridized carbons (Fsp3) is 0.583. The fourth-order valence-electron chi connectivity index (χ4n) is 2.57. The van der Waals surface area contributed by atoms with Gasteiger partial charge in [0.2, 0.25) is 0 Å². The molecule has 0 aliphatic carbocycles. The van der Waals surface area contributed by atoms with Gasteiger partial charge < -0.3 is 10.0 Å². The molecule has 1 atom stereocenters. The second-order valence-electron chi connectivity index (χ2n) is 4.69. The Balaban J connectivity index is 2.73. The third kappa shape index (κ3) is 1.94. The minimum atomic E-state index is -0.593. The predicted molar refractivity (Wildman–Crippen MR) is 69.1 cm³/mol. The maximum absolute atomic E-state index is 12.0. The molecule has 1 aromatic rings. The van der Waals surface area contributed by atoms with Gasteiger partial charge in [-0.2, -0.15) is 5.26 Å². The van der Waals surface area contributed by atoms with Crippen molar-refractivity contribution in [2.24, 2.45) is 14.1 Å². The molecule has 1 fully saturated rings. The number of anilines is 1. The Kier molecular flexibility index (Phi) is 3.44. The summed E-state index contributed by atoms with van der Waals surface area (Å²) < 4.78 is 2.22. The van der Waals surface area contributed by atoms with E-state index in [-0.39, 0.29) is 18.2 Å². The Labute approximate surface area is 109 Å².